The summed E-state index contributed by atoms with van der Waals surface area (Å²) in [4.78, 5) is 2.51. The van der Waals surface area contributed by atoms with Crippen LogP contribution in [0.4, 0.5) is 5.69 Å². The normalized spacial score (nSPS) is 18.2. The maximum atomic E-state index is 5.86. The van der Waals surface area contributed by atoms with E-state index in [1.165, 1.54) is 49.2 Å². The molecule has 0 spiro atoms. The topological polar surface area (TPSA) is 29.3 Å². The largest absolute Gasteiger partial charge is 0.372 e. The van der Waals surface area contributed by atoms with Crippen LogP contribution < -0.4 is 10.6 Å². The smallest absolute Gasteiger partial charge is 0.0369 e. The van der Waals surface area contributed by atoms with Crippen LogP contribution in [-0.4, -0.2) is 19.1 Å². The van der Waals surface area contributed by atoms with Gasteiger partial charge < -0.3 is 10.6 Å². The fourth-order valence-corrected chi connectivity index (χ4v) is 2.60. The Kier molecular flexibility index (Phi) is 4.06. The highest BCUT2D eigenvalue weighted by Crippen LogP contribution is 2.23. The van der Waals surface area contributed by atoms with Crippen molar-refractivity contribution in [2.45, 2.75) is 45.6 Å². The number of nitrogens with zero attached hydrogens (tertiary/aromatic N) is 1. The Morgan fingerprint density at radius 3 is 2.53 bits per heavy atom. The Morgan fingerprint density at radius 1 is 1.24 bits per heavy atom. The molecule has 1 heterocycles. The quantitative estimate of drug-likeness (QED) is 0.868. The van der Waals surface area contributed by atoms with Gasteiger partial charge in [0.25, 0.3) is 0 Å². The predicted octanol–water partition coefficient (Wildman–Crippen LogP) is 2.88. The minimum atomic E-state index is 0.245. The van der Waals surface area contributed by atoms with Crippen molar-refractivity contribution in [3.8, 4) is 0 Å². The van der Waals surface area contributed by atoms with Crippen LogP contribution in [0.15, 0.2) is 18.2 Å². The third-order valence-electron chi connectivity index (χ3n) is 3.59. The summed E-state index contributed by atoms with van der Waals surface area (Å²) >= 11 is 0. The third-order valence-corrected chi connectivity index (χ3v) is 3.59. The summed E-state index contributed by atoms with van der Waals surface area (Å²) in [5, 5.41) is 0. The summed E-state index contributed by atoms with van der Waals surface area (Å²) < 4.78 is 0. The van der Waals surface area contributed by atoms with Gasteiger partial charge in [0.1, 0.15) is 0 Å². The van der Waals surface area contributed by atoms with Crippen LogP contribution in [0, 0.1) is 6.92 Å². The molecular weight excluding hydrogens is 208 g/mol. The molecule has 0 aromatic heterocycles. The van der Waals surface area contributed by atoms with Crippen molar-refractivity contribution >= 4 is 5.69 Å². The highest BCUT2D eigenvalue weighted by atomic mass is 15.1. The molecule has 0 aliphatic carbocycles. The van der Waals surface area contributed by atoms with E-state index in [0.717, 1.165) is 6.42 Å². The number of aryl methyl sites for hydroxylation is 1. The Morgan fingerprint density at radius 2 is 1.94 bits per heavy atom. The standard InChI is InChI=1S/C15H24N2/c1-12-10-15(17-8-4-3-5-9-17)7-6-14(12)11-13(2)16/h6-7,10,13H,3-5,8-9,11,16H2,1-2H3. The van der Waals surface area contributed by atoms with Gasteiger partial charge in [-0.15, -0.1) is 0 Å². The lowest BCUT2D eigenvalue weighted by atomic mass is 10.0. The van der Waals surface area contributed by atoms with Crippen molar-refractivity contribution in [3.63, 3.8) is 0 Å². The highest BCUT2D eigenvalue weighted by Gasteiger charge is 2.12. The first-order valence-corrected chi connectivity index (χ1v) is 6.77. The van der Waals surface area contributed by atoms with Crippen LogP contribution in [0.3, 0.4) is 0 Å². The lowest BCUT2D eigenvalue weighted by Crippen LogP contribution is -2.29. The molecule has 1 aliphatic heterocycles. The first-order valence-electron chi connectivity index (χ1n) is 6.77. The molecule has 0 amide bonds. The molecule has 1 aliphatic rings. The van der Waals surface area contributed by atoms with Crippen molar-refractivity contribution in [1.29, 1.82) is 0 Å². The van der Waals surface area contributed by atoms with Gasteiger partial charge in [0.05, 0.1) is 0 Å². The molecule has 1 atom stereocenters. The Balaban J connectivity index is 2.12. The molecule has 1 fully saturated rings. The summed E-state index contributed by atoms with van der Waals surface area (Å²) in [6.07, 6.45) is 5.03. The van der Waals surface area contributed by atoms with Crippen molar-refractivity contribution < 1.29 is 0 Å². The molecule has 0 radical (unpaired) electrons. The third kappa shape index (κ3) is 3.22. The van der Waals surface area contributed by atoms with E-state index in [9.17, 15) is 0 Å². The van der Waals surface area contributed by atoms with Gasteiger partial charge in [0.15, 0.2) is 0 Å². The van der Waals surface area contributed by atoms with Crippen LogP contribution >= 0.6 is 0 Å². The summed E-state index contributed by atoms with van der Waals surface area (Å²) in [6.45, 7) is 6.70. The second-order valence-corrected chi connectivity index (χ2v) is 5.34. The lowest BCUT2D eigenvalue weighted by Gasteiger charge is -2.29. The molecule has 94 valence electrons. The maximum Gasteiger partial charge on any atom is 0.0369 e. The molecule has 2 heteroatoms. The second kappa shape index (κ2) is 5.54. The number of hydrogen-bond donors (Lipinski definition) is 1. The first kappa shape index (κ1) is 12.4. The van der Waals surface area contributed by atoms with Crippen molar-refractivity contribution in [2.75, 3.05) is 18.0 Å². The van der Waals surface area contributed by atoms with Crippen LogP contribution in [0.5, 0.6) is 0 Å². The Hall–Kier alpha value is -1.02. The molecule has 1 aromatic carbocycles. The van der Waals surface area contributed by atoms with Crippen LogP contribution in [0.1, 0.15) is 37.3 Å². The molecule has 2 N–H and O–H groups in total. The van der Waals surface area contributed by atoms with E-state index in [0.29, 0.717) is 0 Å². The first-order chi connectivity index (χ1) is 8.16. The van der Waals surface area contributed by atoms with Gasteiger partial charge in [-0.2, -0.15) is 0 Å². The summed E-state index contributed by atoms with van der Waals surface area (Å²) in [6, 6.07) is 7.08. The van der Waals surface area contributed by atoms with E-state index in [1.54, 1.807) is 0 Å². The summed E-state index contributed by atoms with van der Waals surface area (Å²) in [7, 11) is 0. The van der Waals surface area contributed by atoms with Crippen LogP contribution in [0.25, 0.3) is 0 Å². The minimum absolute atomic E-state index is 0.245. The molecule has 2 rings (SSSR count). The number of anilines is 1. The summed E-state index contributed by atoms with van der Waals surface area (Å²) in [5.74, 6) is 0. The van der Waals surface area contributed by atoms with Gasteiger partial charge >= 0.3 is 0 Å². The molecule has 0 saturated carbocycles. The van der Waals surface area contributed by atoms with Crippen molar-refractivity contribution in [1.82, 2.24) is 0 Å². The van der Waals surface area contributed by atoms with E-state index in [1.807, 2.05) is 0 Å². The molecule has 17 heavy (non-hydrogen) atoms. The van der Waals surface area contributed by atoms with Gasteiger partial charge in [0, 0.05) is 24.8 Å². The van der Waals surface area contributed by atoms with E-state index in [2.05, 4.69) is 36.9 Å². The van der Waals surface area contributed by atoms with Crippen molar-refractivity contribution in [3.05, 3.63) is 29.3 Å². The zero-order valence-corrected chi connectivity index (χ0v) is 11.1. The van der Waals surface area contributed by atoms with Gasteiger partial charge in [-0.05, 0) is 62.8 Å². The Bertz CT molecular complexity index is 365. The number of benzene rings is 1. The zero-order valence-electron chi connectivity index (χ0n) is 11.1. The minimum Gasteiger partial charge on any atom is -0.372 e. The van der Waals surface area contributed by atoms with Gasteiger partial charge in [0.2, 0.25) is 0 Å². The van der Waals surface area contributed by atoms with E-state index >= 15 is 0 Å². The number of nitrogens with two attached hydrogens (primary N) is 1. The zero-order chi connectivity index (χ0) is 12.3. The molecule has 0 bridgehead atoms. The fraction of sp³-hybridized carbons (Fsp3) is 0.600. The average Bonchev–Trinajstić information content (AvgIpc) is 2.32. The predicted molar refractivity (Wildman–Crippen MR) is 74.6 cm³/mol. The Labute approximate surface area is 105 Å². The second-order valence-electron chi connectivity index (χ2n) is 5.34. The van der Waals surface area contributed by atoms with Crippen LogP contribution in [-0.2, 0) is 6.42 Å². The molecule has 1 saturated heterocycles. The van der Waals surface area contributed by atoms with E-state index < -0.39 is 0 Å². The molecule has 1 unspecified atom stereocenters. The SMILES string of the molecule is Cc1cc(N2CCCCC2)ccc1CC(C)N. The average molecular weight is 232 g/mol. The molecule has 1 aromatic rings. The van der Waals surface area contributed by atoms with Gasteiger partial charge in [-0.25, -0.2) is 0 Å². The number of hydrogen-bond acceptors (Lipinski definition) is 2. The van der Waals surface area contributed by atoms with Crippen LogP contribution in [0.2, 0.25) is 0 Å². The molecular formula is C15H24N2. The maximum absolute atomic E-state index is 5.86. The number of rotatable bonds is 3. The fourth-order valence-electron chi connectivity index (χ4n) is 2.60. The van der Waals surface area contributed by atoms with E-state index in [-0.39, 0.29) is 6.04 Å². The summed E-state index contributed by atoms with van der Waals surface area (Å²) in [5.41, 5.74) is 10.0. The van der Waals surface area contributed by atoms with E-state index in [4.69, 9.17) is 5.73 Å². The van der Waals surface area contributed by atoms with Gasteiger partial charge in [-0.3, -0.25) is 0 Å². The molecule has 2 nitrogen and oxygen atoms in total. The van der Waals surface area contributed by atoms with Gasteiger partial charge in [-0.1, -0.05) is 6.07 Å². The number of piperidine rings is 1. The lowest BCUT2D eigenvalue weighted by molar-refractivity contribution is 0.577. The monoisotopic (exact) mass is 232 g/mol. The highest BCUT2D eigenvalue weighted by molar-refractivity contribution is 5.51. The van der Waals surface area contributed by atoms with Crippen molar-refractivity contribution in [2.24, 2.45) is 5.73 Å².